The molecule has 1 aromatic heterocycles. The Bertz CT molecular complexity index is 1450. The van der Waals surface area contributed by atoms with Crippen molar-refractivity contribution in [2.75, 3.05) is 0 Å². The topological polar surface area (TPSA) is 38.9 Å². The summed E-state index contributed by atoms with van der Waals surface area (Å²) in [5.74, 6) is 0. The summed E-state index contributed by atoms with van der Waals surface area (Å²) in [6.45, 7) is 9.27. The van der Waals surface area contributed by atoms with Gasteiger partial charge in [-0.05, 0) is 43.5 Å². The predicted molar refractivity (Wildman–Crippen MR) is 156 cm³/mol. The summed E-state index contributed by atoms with van der Waals surface area (Å²) in [6, 6.07) is 35.2. The van der Waals surface area contributed by atoms with Gasteiger partial charge in [-0.2, -0.15) is 0 Å². The molecule has 2 aliphatic heterocycles. The highest BCUT2D eigenvalue weighted by molar-refractivity contribution is 7.80. The van der Waals surface area contributed by atoms with E-state index in [0.29, 0.717) is 0 Å². The third-order valence-electron chi connectivity index (χ3n) is 8.06. The maximum absolute atomic E-state index is 6.76. The van der Waals surface area contributed by atoms with E-state index in [9.17, 15) is 0 Å². The predicted octanol–water partition coefficient (Wildman–Crippen LogP) is 4.86. The molecule has 5 aromatic rings. The molecule has 3 heterocycles. The van der Waals surface area contributed by atoms with E-state index in [4.69, 9.17) is 14.6 Å². The smallest absolute Gasteiger partial charge is 0.247 e. The second kappa shape index (κ2) is 8.19. The molecular formula is C32H28N2OP2. The number of fused-ring (bicyclic) bond motifs is 4. The third kappa shape index (κ3) is 3.27. The van der Waals surface area contributed by atoms with E-state index in [1.165, 1.54) is 43.5 Å². The van der Waals surface area contributed by atoms with Gasteiger partial charge in [0.25, 0.3) is 0 Å². The first-order valence-corrected chi connectivity index (χ1v) is 15.4. The lowest BCUT2D eigenvalue weighted by Gasteiger charge is -2.38. The number of aromatic nitrogens is 2. The van der Waals surface area contributed by atoms with Crippen LogP contribution in [0.15, 0.2) is 101 Å². The molecule has 37 heavy (non-hydrogen) atoms. The van der Waals surface area contributed by atoms with Gasteiger partial charge >= 0.3 is 0 Å². The van der Waals surface area contributed by atoms with Gasteiger partial charge in [0.2, 0.25) is 11.3 Å². The van der Waals surface area contributed by atoms with Crippen molar-refractivity contribution in [3.05, 3.63) is 119 Å². The fraction of sp³-hybridized carbons (Fsp3) is 0.188. The lowest BCUT2D eigenvalue weighted by molar-refractivity contribution is 0.625. The van der Waals surface area contributed by atoms with Crippen molar-refractivity contribution in [2.45, 2.75) is 38.5 Å². The number of benzene rings is 4. The molecule has 0 N–H and O–H groups in total. The van der Waals surface area contributed by atoms with E-state index in [1.807, 2.05) is 0 Å². The van der Waals surface area contributed by atoms with Crippen LogP contribution >= 0.6 is 15.8 Å². The summed E-state index contributed by atoms with van der Waals surface area (Å²) < 4.78 is 6.76. The quantitative estimate of drug-likeness (QED) is 0.313. The van der Waals surface area contributed by atoms with Gasteiger partial charge in [-0.3, -0.25) is 0 Å². The van der Waals surface area contributed by atoms with E-state index in [-0.39, 0.29) is 10.8 Å². The van der Waals surface area contributed by atoms with Crippen molar-refractivity contribution in [2.24, 2.45) is 0 Å². The fourth-order valence-corrected chi connectivity index (χ4v) is 11.5. The second-order valence-corrected chi connectivity index (χ2v) is 14.9. The number of hydrogen-bond acceptors (Lipinski definition) is 3. The van der Waals surface area contributed by atoms with Gasteiger partial charge in [-0.1, -0.05) is 125 Å². The molecule has 3 nitrogen and oxygen atoms in total. The molecule has 0 spiro atoms. The Balaban J connectivity index is 1.42. The van der Waals surface area contributed by atoms with Gasteiger partial charge in [0.05, 0.1) is 15.8 Å². The lowest BCUT2D eigenvalue weighted by Crippen LogP contribution is -2.41. The summed E-state index contributed by atoms with van der Waals surface area (Å²) in [5, 5.41) is 14.8. The first kappa shape index (κ1) is 23.0. The van der Waals surface area contributed by atoms with Crippen LogP contribution in [0, 0.1) is 0 Å². The van der Waals surface area contributed by atoms with Crippen LogP contribution in [0.3, 0.4) is 0 Å². The lowest BCUT2D eigenvalue weighted by atomic mass is 9.78. The number of rotatable bonds is 2. The van der Waals surface area contributed by atoms with E-state index >= 15 is 0 Å². The molecule has 0 radical (unpaired) electrons. The van der Waals surface area contributed by atoms with Crippen LogP contribution in [-0.4, -0.2) is 10.2 Å². The van der Waals surface area contributed by atoms with Crippen LogP contribution in [-0.2, 0) is 10.8 Å². The largest absolute Gasteiger partial charge is 0.416 e. The Morgan fingerprint density at radius 1 is 0.459 bits per heavy atom. The van der Waals surface area contributed by atoms with Gasteiger partial charge < -0.3 is 4.42 Å². The number of hydrogen-bond donors (Lipinski definition) is 0. The zero-order valence-corrected chi connectivity index (χ0v) is 23.2. The normalized spacial score (nSPS) is 17.4. The van der Waals surface area contributed by atoms with Crippen LogP contribution in [0.4, 0.5) is 0 Å². The summed E-state index contributed by atoms with van der Waals surface area (Å²) in [4.78, 5) is 0. The van der Waals surface area contributed by atoms with Crippen molar-refractivity contribution in [1.82, 2.24) is 10.2 Å². The van der Waals surface area contributed by atoms with Crippen molar-refractivity contribution >= 4 is 48.3 Å². The molecule has 182 valence electrons. The van der Waals surface area contributed by atoms with Gasteiger partial charge in [0, 0.05) is 10.8 Å². The average molecular weight is 519 g/mol. The van der Waals surface area contributed by atoms with Crippen LogP contribution in [0.5, 0.6) is 0 Å². The van der Waals surface area contributed by atoms with Crippen LogP contribution < -0.4 is 32.5 Å². The van der Waals surface area contributed by atoms with E-state index in [2.05, 4.69) is 125 Å². The minimum Gasteiger partial charge on any atom is -0.416 e. The highest BCUT2D eigenvalue weighted by atomic mass is 31.1. The maximum Gasteiger partial charge on any atom is 0.247 e. The molecule has 0 atom stereocenters. The zero-order valence-electron chi connectivity index (χ0n) is 21.4. The molecule has 5 heteroatoms. The highest BCUT2D eigenvalue weighted by Gasteiger charge is 2.42. The molecule has 2 aliphatic rings. The fourth-order valence-electron chi connectivity index (χ4n) is 6.14. The molecule has 0 saturated heterocycles. The van der Waals surface area contributed by atoms with Crippen molar-refractivity contribution in [3.8, 4) is 0 Å². The second-order valence-electron chi connectivity index (χ2n) is 10.9. The van der Waals surface area contributed by atoms with Gasteiger partial charge in [0.1, 0.15) is 0 Å². The van der Waals surface area contributed by atoms with Crippen molar-refractivity contribution in [3.63, 3.8) is 0 Å². The van der Waals surface area contributed by atoms with Crippen LogP contribution in [0.2, 0.25) is 0 Å². The van der Waals surface area contributed by atoms with E-state index < -0.39 is 15.8 Å². The van der Waals surface area contributed by atoms with E-state index in [1.54, 1.807) is 0 Å². The first-order chi connectivity index (χ1) is 17.9. The first-order valence-electron chi connectivity index (χ1n) is 12.7. The molecule has 0 saturated carbocycles. The standard InChI is InChI=1S/C32H28N2OP2/c1-31(2)21-13-5-9-17-25(21)36(26-18-10-6-14-22(26)31)29-33-34-30(35-29)37-27-19-11-7-15-23(27)32(3,4)24-16-8-12-20-28(24)37/h5-20H,1-4H3. The van der Waals surface area contributed by atoms with Gasteiger partial charge in [-0.25, -0.2) is 0 Å². The monoisotopic (exact) mass is 518 g/mol. The van der Waals surface area contributed by atoms with Crippen molar-refractivity contribution in [1.29, 1.82) is 0 Å². The SMILES string of the molecule is CC1(C)c2ccccc2P(c2nnc(P3c4ccccc4C(C)(C)c4ccccc43)o2)c2ccccc21. The zero-order chi connectivity index (χ0) is 25.4. The van der Waals surface area contributed by atoms with E-state index in [0.717, 1.165) is 11.3 Å². The molecule has 4 aromatic carbocycles. The Hall–Kier alpha value is -3.12. The highest BCUT2D eigenvalue weighted by Crippen LogP contribution is 2.48. The molecule has 7 rings (SSSR count). The number of nitrogens with zero attached hydrogens (tertiary/aromatic N) is 2. The molecule has 0 unspecified atom stereocenters. The average Bonchev–Trinajstić information content (AvgIpc) is 3.38. The Labute approximate surface area is 220 Å². The summed E-state index contributed by atoms with van der Waals surface area (Å²) >= 11 is 0. The minimum absolute atomic E-state index is 0.0776. The summed E-state index contributed by atoms with van der Waals surface area (Å²) in [7, 11) is -1.88. The molecule has 0 aliphatic carbocycles. The van der Waals surface area contributed by atoms with Gasteiger partial charge in [-0.15, -0.1) is 10.2 Å². The Morgan fingerprint density at radius 2 is 0.730 bits per heavy atom. The molecule has 0 bridgehead atoms. The Kier molecular flexibility index (Phi) is 5.10. The third-order valence-corrected chi connectivity index (χ3v) is 12.7. The molecular weight excluding hydrogens is 490 g/mol. The maximum atomic E-state index is 6.76. The minimum atomic E-state index is -0.941. The van der Waals surface area contributed by atoms with Crippen LogP contribution in [0.25, 0.3) is 0 Å². The summed E-state index contributed by atoms with van der Waals surface area (Å²) in [5.41, 5.74) is 6.71. The van der Waals surface area contributed by atoms with Crippen LogP contribution in [0.1, 0.15) is 49.9 Å². The summed E-state index contributed by atoms with van der Waals surface area (Å²) in [6.07, 6.45) is 0. The Morgan fingerprint density at radius 3 is 1.03 bits per heavy atom. The van der Waals surface area contributed by atoms with Crippen molar-refractivity contribution < 1.29 is 4.42 Å². The molecule has 0 fully saturated rings. The van der Waals surface area contributed by atoms with Gasteiger partial charge in [0.15, 0.2) is 0 Å². The molecule has 0 amide bonds.